The normalized spacial score (nSPS) is 20.0. The summed E-state index contributed by atoms with van der Waals surface area (Å²) in [6.07, 6.45) is 3.90. The van der Waals surface area contributed by atoms with Crippen molar-refractivity contribution in [3.05, 3.63) is 44.8 Å². The second-order valence-corrected chi connectivity index (χ2v) is 8.56. The lowest BCUT2D eigenvalue weighted by molar-refractivity contribution is 0.0910. The first-order chi connectivity index (χ1) is 10.4. The van der Waals surface area contributed by atoms with Gasteiger partial charge < -0.3 is 0 Å². The summed E-state index contributed by atoms with van der Waals surface area (Å²) in [5.41, 5.74) is 4.18. The van der Waals surface area contributed by atoms with E-state index in [9.17, 15) is 4.79 Å². The molecule has 0 saturated heterocycles. The van der Waals surface area contributed by atoms with Gasteiger partial charge >= 0.3 is 0 Å². The predicted molar refractivity (Wildman–Crippen MR) is 94.7 cm³/mol. The quantitative estimate of drug-likeness (QED) is 0.688. The number of carbonyl (C=O) groups is 1. The average molecular weight is 406 g/mol. The maximum Gasteiger partial charge on any atom is 0.167 e. The van der Waals surface area contributed by atoms with Gasteiger partial charge in [0.1, 0.15) is 0 Å². The van der Waals surface area contributed by atoms with E-state index in [1.807, 2.05) is 4.68 Å². The third-order valence-electron chi connectivity index (χ3n) is 4.61. The Morgan fingerprint density at radius 2 is 1.86 bits per heavy atom. The summed E-state index contributed by atoms with van der Waals surface area (Å²) in [5, 5.41) is 4.86. The molecular weight excluding hydrogens is 387 g/mol. The van der Waals surface area contributed by atoms with E-state index in [0.29, 0.717) is 12.3 Å². The standard InChI is InChI=1S/C18H19IN2O/c1-18(2)9-14-16(15(22)10-18)17(11-3-4-11)20-21(14)13-7-5-12(19)6-8-13/h5-8,11H,3-4,9-10H2,1-2H3. The van der Waals surface area contributed by atoms with E-state index < -0.39 is 0 Å². The number of Topliss-reactive ketones (excluding diaryl/α,β-unsaturated/α-hetero) is 1. The van der Waals surface area contributed by atoms with Gasteiger partial charge in [-0.2, -0.15) is 5.10 Å². The third-order valence-corrected chi connectivity index (χ3v) is 5.33. The number of rotatable bonds is 2. The molecule has 4 rings (SSSR count). The van der Waals surface area contributed by atoms with Gasteiger partial charge in [-0.05, 0) is 71.5 Å². The zero-order valence-electron chi connectivity index (χ0n) is 12.9. The molecule has 0 spiro atoms. The number of carbonyl (C=O) groups excluding carboxylic acids is 1. The SMILES string of the molecule is CC1(C)CC(=O)c2c(C3CC3)nn(-c3ccc(I)cc3)c2C1. The molecule has 0 aliphatic heterocycles. The first-order valence-electron chi connectivity index (χ1n) is 7.85. The van der Waals surface area contributed by atoms with Crippen LogP contribution in [0, 0.1) is 8.99 Å². The van der Waals surface area contributed by atoms with E-state index >= 15 is 0 Å². The van der Waals surface area contributed by atoms with Crippen LogP contribution in [0.3, 0.4) is 0 Å². The van der Waals surface area contributed by atoms with Gasteiger partial charge in [-0.25, -0.2) is 4.68 Å². The van der Waals surface area contributed by atoms with Gasteiger partial charge in [-0.15, -0.1) is 0 Å². The number of hydrogen-bond acceptors (Lipinski definition) is 2. The summed E-state index contributed by atoms with van der Waals surface area (Å²) in [5.74, 6) is 0.786. The Kier molecular flexibility index (Phi) is 3.22. The molecule has 1 heterocycles. The first kappa shape index (κ1) is 14.4. The molecule has 0 amide bonds. The van der Waals surface area contributed by atoms with Crippen LogP contribution in [0.15, 0.2) is 24.3 Å². The number of aromatic nitrogens is 2. The monoisotopic (exact) mass is 406 g/mol. The fourth-order valence-corrected chi connectivity index (χ4v) is 3.78. The van der Waals surface area contributed by atoms with Crippen LogP contribution in [0.1, 0.15) is 60.8 Å². The van der Waals surface area contributed by atoms with Crippen molar-refractivity contribution in [1.29, 1.82) is 0 Å². The smallest absolute Gasteiger partial charge is 0.167 e. The Balaban J connectivity index is 1.90. The molecule has 3 nitrogen and oxygen atoms in total. The minimum absolute atomic E-state index is 0.0197. The van der Waals surface area contributed by atoms with Crippen LogP contribution in [0.4, 0.5) is 0 Å². The van der Waals surface area contributed by atoms with Gasteiger partial charge in [0.2, 0.25) is 0 Å². The molecule has 2 aliphatic carbocycles. The van der Waals surface area contributed by atoms with Crippen LogP contribution in [-0.4, -0.2) is 15.6 Å². The molecule has 0 bridgehead atoms. The van der Waals surface area contributed by atoms with Crippen molar-refractivity contribution in [2.45, 2.75) is 45.4 Å². The van der Waals surface area contributed by atoms with Crippen molar-refractivity contribution in [2.24, 2.45) is 5.41 Å². The van der Waals surface area contributed by atoms with E-state index in [4.69, 9.17) is 5.10 Å². The molecular formula is C18H19IN2O. The van der Waals surface area contributed by atoms with Gasteiger partial charge in [0.05, 0.1) is 22.6 Å². The van der Waals surface area contributed by atoms with Crippen molar-refractivity contribution < 1.29 is 4.79 Å². The summed E-state index contributed by atoms with van der Waals surface area (Å²) in [7, 11) is 0. The third kappa shape index (κ3) is 2.41. The van der Waals surface area contributed by atoms with Gasteiger partial charge in [-0.1, -0.05) is 13.8 Å². The Labute approximate surface area is 144 Å². The maximum atomic E-state index is 12.7. The summed E-state index contributed by atoms with van der Waals surface area (Å²) in [6, 6.07) is 8.38. The zero-order chi connectivity index (χ0) is 15.5. The lowest BCUT2D eigenvalue weighted by Gasteiger charge is -2.29. The average Bonchev–Trinajstić information content (AvgIpc) is 3.21. The molecule has 0 radical (unpaired) electrons. The highest BCUT2D eigenvalue weighted by Gasteiger charge is 2.40. The Morgan fingerprint density at radius 1 is 1.18 bits per heavy atom. The fourth-order valence-electron chi connectivity index (χ4n) is 3.42. The van der Waals surface area contributed by atoms with E-state index in [-0.39, 0.29) is 11.2 Å². The highest BCUT2D eigenvalue weighted by Crippen LogP contribution is 2.45. The molecule has 0 N–H and O–H groups in total. The van der Waals surface area contributed by atoms with E-state index in [2.05, 4.69) is 60.7 Å². The van der Waals surface area contributed by atoms with Crippen LogP contribution in [0.25, 0.3) is 5.69 Å². The molecule has 1 saturated carbocycles. The first-order valence-corrected chi connectivity index (χ1v) is 8.93. The Morgan fingerprint density at radius 3 is 2.50 bits per heavy atom. The van der Waals surface area contributed by atoms with Crippen molar-refractivity contribution in [3.8, 4) is 5.69 Å². The van der Waals surface area contributed by atoms with Crippen LogP contribution < -0.4 is 0 Å². The van der Waals surface area contributed by atoms with Crippen LogP contribution >= 0.6 is 22.6 Å². The predicted octanol–water partition coefficient (Wildman–Crippen LogP) is 4.51. The number of ketones is 1. The lowest BCUT2D eigenvalue weighted by Crippen LogP contribution is -2.28. The number of nitrogens with zero attached hydrogens (tertiary/aromatic N) is 2. The van der Waals surface area contributed by atoms with Crippen molar-refractivity contribution >= 4 is 28.4 Å². The lowest BCUT2D eigenvalue weighted by atomic mass is 9.75. The molecule has 1 fully saturated rings. The molecule has 1 aromatic heterocycles. The number of halogens is 1. The molecule has 0 unspecified atom stereocenters. The number of benzene rings is 1. The number of hydrogen-bond donors (Lipinski definition) is 0. The topological polar surface area (TPSA) is 34.9 Å². The zero-order valence-corrected chi connectivity index (χ0v) is 15.1. The van der Waals surface area contributed by atoms with Crippen molar-refractivity contribution in [2.75, 3.05) is 0 Å². The van der Waals surface area contributed by atoms with E-state index in [1.165, 1.54) is 16.4 Å². The fraction of sp³-hybridized carbons (Fsp3) is 0.444. The van der Waals surface area contributed by atoms with Gasteiger partial charge in [0, 0.05) is 15.9 Å². The highest BCUT2D eigenvalue weighted by atomic mass is 127. The van der Waals surface area contributed by atoms with Crippen molar-refractivity contribution in [1.82, 2.24) is 9.78 Å². The van der Waals surface area contributed by atoms with Gasteiger partial charge in [-0.3, -0.25) is 4.79 Å². The van der Waals surface area contributed by atoms with E-state index in [1.54, 1.807) is 0 Å². The largest absolute Gasteiger partial charge is 0.294 e. The highest BCUT2D eigenvalue weighted by molar-refractivity contribution is 14.1. The van der Waals surface area contributed by atoms with Crippen LogP contribution in [0.2, 0.25) is 0 Å². The van der Waals surface area contributed by atoms with E-state index in [0.717, 1.165) is 29.1 Å². The summed E-state index contributed by atoms with van der Waals surface area (Å²) in [4.78, 5) is 12.7. The Bertz CT molecular complexity index is 754. The molecule has 114 valence electrons. The summed E-state index contributed by atoms with van der Waals surface area (Å²) >= 11 is 2.31. The number of fused-ring (bicyclic) bond motifs is 1. The van der Waals surface area contributed by atoms with Crippen molar-refractivity contribution in [3.63, 3.8) is 0 Å². The minimum Gasteiger partial charge on any atom is -0.294 e. The Hall–Kier alpha value is -1.17. The van der Waals surface area contributed by atoms with Gasteiger partial charge in [0.25, 0.3) is 0 Å². The minimum atomic E-state index is 0.0197. The molecule has 0 atom stereocenters. The molecule has 1 aromatic carbocycles. The molecule has 2 aliphatic rings. The molecule has 4 heteroatoms. The summed E-state index contributed by atoms with van der Waals surface area (Å²) in [6.45, 7) is 4.35. The second kappa shape index (κ2) is 4.91. The van der Waals surface area contributed by atoms with Gasteiger partial charge in [0.15, 0.2) is 5.78 Å². The van der Waals surface area contributed by atoms with Crippen LogP contribution in [-0.2, 0) is 6.42 Å². The maximum absolute atomic E-state index is 12.7. The molecule has 2 aromatic rings. The second-order valence-electron chi connectivity index (χ2n) is 7.31. The summed E-state index contributed by atoms with van der Waals surface area (Å²) < 4.78 is 3.24. The van der Waals surface area contributed by atoms with Crippen LogP contribution in [0.5, 0.6) is 0 Å². The molecule has 22 heavy (non-hydrogen) atoms.